The van der Waals surface area contributed by atoms with E-state index in [0.29, 0.717) is 11.6 Å². The Labute approximate surface area is 164 Å². The van der Waals surface area contributed by atoms with Gasteiger partial charge >= 0.3 is 6.18 Å². The molecule has 10 heteroatoms. The molecule has 3 rings (SSSR count). The maximum atomic E-state index is 12.2. The lowest BCUT2D eigenvalue weighted by Gasteiger charge is -2.09. The fourth-order valence-electron chi connectivity index (χ4n) is 2.56. The second-order valence-corrected chi connectivity index (χ2v) is 6.39. The van der Waals surface area contributed by atoms with Crippen molar-refractivity contribution >= 4 is 11.6 Å². The molecule has 29 heavy (non-hydrogen) atoms. The zero-order chi connectivity index (χ0) is 21.2. The zero-order valence-electron chi connectivity index (χ0n) is 15.9. The predicted octanol–water partition coefficient (Wildman–Crippen LogP) is 4.27. The number of ether oxygens (including phenoxy) is 1. The molecule has 2 heterocycles. The first-order valence-corrected chi connectivity index (χ1v) is 8.62. The molecule has 7 nitrogen and oxygen atoms in total. The molecule has 0 spiro atoms. The lowest BCUT2D eigenvalue weighted by Crippen LogP contribution is -2.21. The minimum Gasteiger partial charge on any atom is -0.439 e. The monoisotopic (exact) mass is 405 g/mol. The molecule has 0 aliphatic rings. The Morgan fingerprint density at radius 2 is 1.83 bits per heavy atom. The van der Waals surface area contributed by atoms with Crippen LogP contribution in [0.4, 0.5) is 18.9 Å². The second kappa shape index (κ2) is 7.90. The first-order chi connectivity index (χ1) is 13.6. The van der Waals surface area contributed by atoms with Crippen LogP contribution < -0.4 is 10.1 Å². The van der Waals surface area contributed by atoms with Crippen molar-refractivity contribution in [1.29, 1.82) is 0 Å². The average Bonchev–Trinajstić information content (AvgIpc) is 2.89. The van der Waals surface area contributed by atoms with Crippen molar-refractivity contribution in [2.45, 2.75) is 33.4 Å². The van der Waals surface area contributed by atoms with Gasteiger partial charge in [-0.2, -0.15) is 18.3 Å². The number of aryl methyl sites for hydroxylation is 1. The third-order valence-corrected chi connectivity index (χ3v) is 4.22. The summed E-state index contributed by atoms with van der Waals surface area (Å²) in [5.74, 6) is 0.0774. The molecule has 0 atom stereocenters. The van der Waals surface area contributed by atoms with E-state index in [2.05, 4.69) is 20.4 Å². The van der Waals surface area contributed by atoms with Crippen molar-refractivity contribution in [2.24, 2.45) is 0 Å². The topological polar surface area (TPSA) is 81.9 Å². The molecule has 0 radical (unpaired) electrons. The van der Waals surface area contributed by atoms with Gasteiger partial charge in [0.05, 0.1) is 5.69 Å². The molecule has 0 saturated heterocycles. The Bertz CT molecular complexity index is 1030. The van der Waals surface area contributed by atoms with Crippen molar-refractivity contribution in [3.05, 3.63) is 53.6 Å². The van der Waals surface area contributed by atoms with Crippen molar-refractivity contribution in [1.82, 2.24) is 19.7 Å². The van der Waals surface area contributed by atoms with Gasteiger partial charge < -0.3 is 10.1 Å². The number of rotatable bonds is 5. The lowest BCUT2D eigenvalue weighted by atomic mass is 10.2. The summed E-state index contributed by atoms with van der Waals surface area (Å²) in [7, 11) is 0. The van der Waals surface area contributed by atoms with Gasteiger partial charge in [0.2, 0.25) is 11.8 Å². The molecular formula is C19H18F3N5O2. The number of nitrogens with one attached hydrogen (secondary N) is 1. The highest BCUT2D eigenvalue weighted by molar-refractivity contribution is 5.91. The summed E-state index contributed by atoms with van der Waals surface area (Å²) in [4.78, 5) is 19.6. The molecule has 0 fully saturated rings. The number of hydrogen-bond donors (Lipinski definition) is 1. The number of alkyl halides is 3. The van der Waals surface area contributed by atoms with E-state index in [-0.39, 0.29) is 11.6 Å². The van der Waals surface area contributed by atoms with Crippen molar-refractivity contribution in [3.8, 4) is 17.4 Å². The summed E-state index contributed by atoms with van der Waals surface area (Å²) in [6.45, 7) is 5.82. The standard InChI is InChI=1S/C19H18F3N5O2/c1-11-12(2)26-27(13(11)3)16-8-18(24-10-23-16)29-15-6-4-14(5-7-15)25-17(28)9-19(20,21)22/h4-8,10H,9H2,1-3H3,(H,25,28). The second-order valence-electron chi connectivity index (χ2n) is 6.39. The first-order valence-electron chi connectivity index (χ1n) is 8.62. The van der Waals surface area contributed by atoms with Gasteiger partial charge in [0.25, 0.3) is 0 Å². The van der Waals surface area contributed by atoms with Gasteiger partial charge in [-0.1, -0.05) is 0 Å². The molecular weight excluding hydrogens is 387 g/mol. The Morgan fingerprint density at radius 3 is 2.41 bits per heavy atom. The van der Waals surface area contributed by atoms with E-state index < -0.39 is 18.5 Å². The van der Waals surface area contributed by atoms with Crippen LogP contribution in [0.5, 0.6) is 11.6 Å². The minimum absolute atomic E-state index is 0.230. The van der Waals surface area contributed by atoms with E-state index in [4.69, 9.17) is 4.74 Å². The molecule has 0 bridgehead atoms. The number of carbonyl (C=O) groups is 1. The average molecular weight is 405 g/mol. The van der Waals surface area contributed by atoms with E-state index in [1.807, 2.05) is 20.8 Å². The van der Waals surface area contributed by atoms with E-state index >= 15 is 0 Å². The lowest BCUT2D eigenvalue weighted by molar-refractivity contribution is -0.150. The molecule has 1 aromatic carbocycles. The number of aromatic nitrogens is 4. The highest BCUT2D eigenvalue weighted by atomic mass is 19.4. The Kier molecular flexibility index (Phi) is 5.53. The molecule has 3 aromatic rings. The summed E-state index contributed by atoms with van der Waals surface area (Å²) >= 11 is 0. The van der Waals surface area contributed by atoms with Crippen LogP contribution in [0.3, 0.4) is 0 Å². The highest BCUT2D eigenvalue weighted by Gasteiger charge is 2.31. The SMILES string of the molecule is Cc1nn(-c2cc(Oc3ccc(NC(=O)CC(F)(F)F)cc3)ncn2)c(C)c1C. The van der Waals surface area contributed by atoms with Crippen LogP contribution in [0, 0.1) is 20.8 Å². The molecule has 0 aliphatic carbocycles. The van der Waals surface area contributed by atoms with Gasteiger partial charge in [0.15, 0.2) is 5.82 Å². The fourth-order valence-corrected chi connectivity index (χ4v) is 2.56. The van der Waals surface area contributed by atoms with Gasteiger partial charge in [-0.25, -0.2) is 14.6 Å². The number of hydrogen-bond acceptors (Lipinski definition) is 5. The van der Waals surface area contributed by atoms with Crippen LogP contribution in [0.2, 0.25) is 0 Å². The van der Waals surface area contributed by atoms with Gasteiger partial charge in [0, 0.05) is 17.4 Å². The van der Waals surface area contributed by atoms with Crippen LogP contribution in [0.25, 0.3) is 5.82 Å². The molecule has 2 aromatic heterocycles. The number of anilines is 1. The number of nitrogens with zero attached hydrogens (tertiary/aromatic N) is 4. The summed E-state index contributed by atoms with van der Waals surface area (Å²) in [5.41, 5.74) is 3.14. The highest BCUT2D eigenvalue weighted by Crippen LogP contribution is 2.24. The van der Waals surface area contributed by atoms with Crippen LogP contribution in [0.1, 0.15) is 23.4 Å². The molecule has 0 aliphatic heterocycles. The number of halogens is 3. The number of benzene rings is 1. The maximum Gasteiger partial charge on any atom is 0.397 e. The normalized spacial score (nSPS) is 11.4. The van der Waals surface area contributed by atoms with Crippen LogP contribution in [0.15, 0.2) is 36.7 Å². The predicted molar refractivity (Wildman–Crippen MR) is 99.2 cm³/mol. The fraction of sp³-hybridized carbons (Fsp3) is 0.263. The minimum atomic E-state index is -4.55. The van der Waals surface area contributed by atoms with Gasteiger partial charge in [0.1, 0.15) is 18.5 Å². The van der Waals surface area contributed by atoms with Crippen molar-refractivity contribution in [2.75, 3.05) is 5.32 Å². The van der Waals surface area contributed by atoms with Crippen molar-refractivity contribution in [3.63, 3.8) is 0 Å². The Hall–Kier alpha value is -3.43. The summed E-state index contributed by atoms with van der Waals surface area (Å²) in [6.07, 6.45) is -4.75. The van der Waals surface area contributed by atoms with Gasteiger partial charge in [-0.3, -0.25) is 4.79 Å². The first kappa shape index (κ1) is 20.3. The smallest absolute Gasteiger partial charge is 0.397 e. The Balaban J connectivity index is 1.71. The molecule has 0 unspecified atom stereocenters. The molecule has 1 amide bonds. The van der Waals surface area contributed by atoms with Crippen LogP contribution in [-0.4, -0.2) is 31.8 Å². The van der Waals surface area contributed by atoms with Crippen LogP contribution >= 0.6 is 0 Å². The quantitative estimate of drug-likeness (QED) is 0.686. The largest absolute Gasteiger partial charge is 0.439 e. The number of carbonyl (C=O) groups excluding carboxylic acids is 1. The summed E-state index contributed by atoms with van der Waals surface area (Å²) in [6, 6.07) is 7.53. The summed E-state index contributed by atoms with van der Waals surface area (Å²) < 4.78 is 44.0. The maximum absolute atomic E-state index is 12.2. The third-order valence-electron chi connectivity index (χ3n) is 4.22. The molecule has 1 N–H and O–H groups in total. The summed E-state index contributed by atoms with van der Waals surface area (Å²) in [5, 5.41) is 6.63. The van der Waals surface area contributed by atoms with E-state index in [1.165, 1.54) is 30.6 Å². The van der Waals surface area contributed by atoms with E-state index in [0.717, 1.165) is 17.0 Å². The number of amides is 1. The van der Waals surface area contributed by atoms with E-state index in [9.17, 15) is 18.0 Å². The van der Waals surface area contributed by atoms with Crippen LogP contribution in [-0.2, 0) is 4.79 Å². The molecule has 0 saturated carbocycles. The molecule has 152 valence electrons. The van der Waals surface area contributed by atoms with Crippen molar-refractivity contribution < 1.29 is 22.7 Å². The van der Waals surface area contributed by atoms with Gasteiger partial charge in [-0.15, -0.1) is 0 Å². The Morgan fingerprint density at radius 1 is 1.14 bits per heavy atom. The third kappa shape index (κ3) is 5.09. The van der Waals surface area contributed by atoms with E-state index in [1.54, 1.807) is 10.7 Å². The van der Waals surface area contributed by atoms with Gasteiger partial charge in [-0.05, 0) is 50.6 Å². The zero-order valence-corrected chi connectivity index (χ0v) is 15.9.